The summed E-state index contributed by atoms with van der Waals surface area (Å²) >= 11 is 0. The largest absolute Gasteiger partial charge is 0.384 e. The lowest BCUT2D eigenvalue weighted by Crippen LogP contribution is -2.50. The lowest BCUT2D eigenvalue weighted by molar-refractivity contribution is 0.231. The Hall–Kier alpha value is -1.55. The number of hydrogen-bond donors (Lipinski definition) is 2. The van der Waals surface area contributed by atoms with Crippen LogP contribution in [0.2, 0.25) is 0 Å². The molecule has 2 aliphatic heterocycles. The van der Waals surface area contributed by atoms with Crippen molar-refractivity contribution in [3.05, 3.63) is 29.3 Å². The number of aryl methyl sites for hydroxylation is 1. The molecule has 1 aromatic carbocycles. The highest BCUT2D eigenvalue weighted by atomic mass is 15.3. The van der Waals surface area contributed by atoms with Gasteiger partial charge in [-0.25, -0.2) is 0 Å². The molecule has 0 radical (unpaired) electrons. The van der Waals surface area contributed by atoms with Crippen molar-refractivity contribution < 1.29 is 0 Å². The highest BCUT2D eigenvalue weighted by Gasteiger charge is 2.31. The Balaban J connectivity index is 1.91. The lowest BCUT2D eigenvalue weighted by atomic mass is 10.0. The molecule has 4 heteroatoms. The van der Waals surface area contributed by atoms with E-state index in [1.54, 1.807) is 0 Å². The number of anilines is 1. The van der Waals surface area contributed by atoms with Crippen LogP contribution in [-0.4, -0.2) is 43.0 Å². The van der Waals surface area contributed by atoms with Crippen LogP contribution < -0.4 is 10.6 Å². The fraction of sp³-hybridized carbons (Fsp3) is 0.533. The number of amidine groups is 1. The van der Waals surface area contributed by atoms with Gasteiger partial charge in [-0.2, -0.15) is 0 Å². The molecular weight excluding hydrogens is 236 g/mol. The first-order valence-electron chi connectivity index (χ1n) is 7.10. The monoisotopic (exact) mass is 258 g/mol. The Labute approximate surface area is 114 Å². The molecule has 0 aliphatic carbocycles. The molecule has 0 bridgehead atoms. The third kappa shape index (κ3) is 2.21. The summed E-state index contributed by atoms with van der Waals surface area (Å²) in [6.45, 7) is 6.62. The molecule has 102 valence electrons. The molecule has 2 fully saturated rings. The number of nitrogens with zero attached hydrogens (tertiary/aromatic N) is 2. The van der Waals surface area contributed by atoms with Gasteiger partial charge in [0.15, 0.2) is 0 Å². The molecule has 3 N–H and O–H groups in total. The fourth-order valence-corrected chi connectivity index (χ4v) is 3.49. The predicted molar refractivity (Wildman–Crippen MR) is 79.0 cm³/mol. The van der Waals surface area contributed by atoms with Crippen LogP contribution in [0, 0.1) is 12.3 Å². The highest BCUT2D eigenvalue weighted by molar-refractivity contribution is 6.01. The topological polar surface area (TPSA) is 56.4 Å². The molecule has 4 nitrogen and oxygen atoms in total. The van der Waals surface area contributed by atoms with E-state index in [1.807, 2.05) is 12.1 Å². The van der Waals surface area contributed by atoms with Crippen LogP contribution >= 0.6 is 0 Å². The SMILES string of the molecule is Cc1cccc(C(=N)N)c1N1CCN2CCCC2C1. The summed E-state index contributed by atoms with van der Waals surface area (Å²) in [7, 11) is 0. The smallest absolute Gasteiger partial charge is 0.124 e. The number of benzene rings is 1. The molecule has 0 aromatic heterocycles. The third-order valence-electron chi connectivity index (χ3n) is 4.43. The predicted octanol–water partition coefficient (Wildman–Crippen LogP) is 1.56. The molecule has 0 spiro atoms. The van der Waals surface area contributed by atoms with Gasteiger partial charge in [0.25, 0.3) is 0 Å². The summed E-state index contributed by atoms with van der Waals surface area (Å²) in [6.07, 6.45) is 2.63. The van der Waals surface area contributed by atoms with Gasteiger partial charge in [0.2, 0.25) is 0 Å². The Kier molecular flexibility index (Phi) is 3.19. The van der Waals surface area contributed by atoms with E-state index in [4.69, 9.17) is 11.1 Å². The first-order chi connectivity index (χ1) is 9.16. The standard InChI is InChI=1S/C15H22N4/c1-11-4-2-6-13(15(16)17)14(11)19-9-8-18-7-3-5-12(18)10-19/h2,4,6,12H,3,5,7-10H2,1H3,(H3,16,17). The number of para-hydroxylation sites is 1. The summed E-state index contributed by atoms with van der Waals surface area (Å²) in [4.78, 5) is 5.03. The van der Waals surface area contributed by atoms with E-state index in [-0.39, 0.29) is 5.84 Å². The Morgan fingerprint density at radius 1 is 1.32 bits per heavy atom. The van der Waals surface area contributed by atoms with Gasteiger partial charge in [-0.05, 0) is 37.9 Å². The maximum atomic E-state index is 7.78. The van der Waals surface area contributed by atoms with Crippen LogP contribution in [0.1, 0.15) is 24.0 Å². The fourth-order valence-electron chi connectivity index (χ4n) is 3.49. The minimum absolute atomic E-state index is 0.174. The first-order valence-corrected chi connectivity index (χ1v) is 7.10. The van der Waals surface area contributed by atoms with Crippen LogP contribution in [0.15, 0.2) is 18.2 Å². The quantitative estimate of drug-likeness (QED) is 0.625. The zero-order chi connectivity index (χ0) is 13.4. The van der Waals surface area contributed by atoms with E-state index < -0.39 is 0 Å². The minimum Gasteiger partial charge on any atom is -0.384 e. The second-order valence-corrected chi connectivity index (χ2v) is 5.66. The van der Waals surface area contributed by atoms with Gasteiger partial charge < -0.3 is 10.6 Å². The summed E-state index contributed by atoms with van der Waals surface area (Å²) < 4.78 is 0. The molecular formula is C15H22N4. The summed E-state index contributed by atoms with van der Waals surface area (Å²) in [5.41, 5.74) is 9.01. The van der Waals surface area contributed by atoms with Gasteiger partial charge in [-0.3, -0.25) is 10.3 Å². The third-order valence-corrected chi connectivity index (χ3v) is 4.43. The van der Waals surface area contributed by atoms with Crippen molar-refractivity contribution in [2.75, 3.05) is 31.1 Å². The normalized spacial score (nSPS) is 23.4. The highest BCUT2D eigenvalue weighted by Crippen LogP contribution is 2.30. The van der Waals surface area contributed by atoms with Crippen molar-refractivity contribution in [2.45, 2.75) is 25.8 Å². The molecule has 0 amide bonds. The number of rotatable bonds is 2. The molecule has 19 heavy (non-hydrogen) atoms. The van der Waals surface area contributed by atoms with E-state index in [0.29, 0.717) is 6.04 Å². The van der Waals surface area contributed by atoms with Crippen molar-refractivity contribution in [3.8, 4) is 0 Å². The van der Waals surface area contributed by atoms with E-state index in [0.717, 1.165) is 25.2 Å². The summed E-state index contributed by atoms with van der Waals surface area (Å²) in [5.74, 6) is 0.174. The van der Waals surface area contributed by atoms with Gasteiger partial charge in [0.1, 0.15) is 5.84 Å². The zero-order valence-corrected chi connectivity index (χ0v) is 11.5. The average molecular weight is 258 g/mol. The van der Waals surface area contributed by atoms with E-state index >= 15 is 0 Å². The number of piperazine rings is 1. The molecule has 1 atom stereocenters. The van der Waals surface area contributed by atoms with E-state index in [9.17, 15) is 0 Å². The van der Waals surface area contributed by atoms with Crippen molar-refractivity contribution in [2.24, 2.45) is 5.73 Å². The molecule has 2 saturated heterocycles. The molecule has 1 aromatic rings. The maximum Gasteiger partial charge on any atom is 0.124 e. The van der Waals surface area contributed by atoms with Crippen molar-refractivity contribution in [1.29, 1.82) is 5.41 Å². The molecule has 2 heterocycles. The number of fused-ring (bicyclic) bond motifs is 1. The molecule has 0 saturated carbocycles. The minimum atomic E-state index is 0.174. The van der Waals surface area contributed by atoms with Crippen LogP contribution in [0.3, 0.4) is 0 Å². The van der Waals surface area contributed by atoms with Gasteiger partial charge in [-0.1, -0.05) is 12.1 Å². The summed E-state index contributed by atoms with van der Waals surface area (Å²) in [5, 5.41) is 7.78. The maximum absolute atomic E-state index is 7.78. The second-order valence-electron chi connectivity index (χ2n) is 5.66. The van der Waals surface area contributed by atoms with E-state index in [1.165, 1.54) is 30.6 Å². The number of nitrogen functional groups attached to an aromatic ring is 1. The van der Waals surface area contributed by atoms with Gasteiger partial charge >= 0.3 is 0 Å². The molecule has 3 rings (SSSR count). The van der Waals surface area contributed by atoms with Crippen LogP contribution in [0.25, 0.3) is 0 Å². The number of nitrogens with two attached hydrogens (primary N) is 1. The van der Waals surface area contributed by atoms with Crippen LogP contribution in [0.4, 0.5) is 5.69 Å². The van der Waals surface area contributed by atoms with Gasteiger partial charge in [-0.15, -0.1) is 0 Å². The Bertz CT molecular complexity index is 497. The molecule has 1 unspecified atom stereocenters. The van der Waals surface area contributed by atoms with Crippen molar-refractivity contribution in [3.63, 3.8) is 0 Å². The van der Waals surface area contributed by atoms with Crippen molar-refractivity contribution in [1.82, 2.24) is 4.90 Å². The Morgan fingerprint density at radius 2 is 2.16 bits per heavy atom. The summed E-state index contributed by atoms with van der Waals surface area (Å²) in [6, 6.07) is 6.75. The lowest BCUT2D eigenvalue weighted by Gasteiger charge is -2.40. The molecule has 2 aliphatic rings. The number of nitrogens with one attached hydrogen (secondary N) is 1. The Morgan fingerprint density at radius 3 is 2.95 bits per heavy atom. The number of hydrogen-bond acceptors (Lipinski definition) is 3. The van der Waals surface area contributed by atoms with Crippen LogP contribution in [0.5, 0.6) is 0 Å². The second kappa shape index (κ2) is 4.85. The van der Waals surface area contributed by atoms with Gasteiger partial charge in [0, 0.05) is 31.2 Å². The average Bonchev–Trinajstić information content (AvgIpc) is 2.85. The van der Waals surface area contributed by atoms with E-state index in [2.05, 4.69) is 22.8 Å². The zero-order valence-electron chi connectivity index (χ0n) is 11.5. The first kappa shape index (κ1) is 12.5. The van der Waals surface area contributed by atoms with Crippen LogP contribution in [-0.2, 0) is 0 Å². The van der Waals surface area contributed by atoms with Gasteiger partial charge in [0.05, 0.1) is 5.69 Å². The van der Waals surface area contributed by atoms with Crippen molar-refractivity contribution >= 4 is 11.5 Å².